The van der Waals surface area contributed by atoms with Crippen LogP contribution >= 0.6 is 11.3 Å². The van der Waals surface area contributed by atoms with Gasteiger partial charge in [-0.1, -0.05) is 59.9 Å². The Kier molecular flexibility index (Phi) is 4.18. The molecule has 1 N–H and O–H groups in total. The number of aryl methyl sites for hydroxylation is 2. The van der Waals surface area contributed by atoms with Crippen LogP contribution in [0, 0.1) is 13.8 Å². The van der Waals surface area contributed by atoms with Crippen molar-refractivity contribution >= 4 is 16.3 Å². The van der Waals surface area contributed by atoms with E-state index in [0.29, 0.717) is 5.82 Å². The topological polar surface area (TPSA) is 53.7 Å². The van der Waals surface area contributed by atoms with Crippen molar-refractivity contribution in [1.29, 1.82) is 0 Å². The number of hydrogen-bond donors (Lipinski definition) is 1. The highest BCUT2D eigenvalue weighted by Crippen LogP contribution is 2.42. The first-order chi connectivity index (χ1) is 13.6. The number of thiazole rings is 1. The molecule has 0 radical (unpaired) electrons. The fourth-order valence-corrected chi connectivity index (χ4v) is 5.32. The Labute approximate surface area is 167 Å². The van der Waals surface area contributed by atoms with E-state index in [0.717, 1.165) is 29.3 Å². The van der Waals surface area contributed by atoms with Gasteiger partial charge >= 0.3 is 0 Å². The smallest absolute Gasteiger partial charge is 0.230 e. The zero-order valence-corrected chi connectivity index (χ0v) is 16.8. The third-order valence-corrected chi connectivity index (χ3v) is 6.63. The van der Waals surface area contributed by atoms with E-state index < -0.39 is 0 Å². The second-order valence-electron chi connectivity index (χ2n) is 7.39. The third kappa shape index (κ3) is 2.80. The van der Waals surface area contributed by atoms with Crippen LogP contribution in [-0.4, -0.2) is 31.1 Å². The lowest BCUT2D eigenvalue weighted by Gasteiger charge is -2.36. The molecule has 0 amide bonds. The number of hydrogen-bond acceptors (Lipinski definition) is 5. The Morgan fingerprint density at radius 2 is 1.79 bits per heavy atom. The molecule has 0 saturated carbocycles. The van der Waals surface area contributed by atoms with Crippen molar-refractivity contribution in [2.24, 2.45) is 0 Å². The second kappa shape index (κ2) is 6.72. The molecule has 0 bridgehead atoms. The fraction of sp³-hybridized carbons (Fsp3) is 0.273. The highest BCUT2D eigenvalue weighted by atomic mass is 32.1. The molecule has 0 aliphatic carbocycles. The van der Waals surface area contributed by atoms with Gasteiger partial charge in [0.05, 0.1) is 10.9 Å². The first kappa shape index (κ1) is 17.4. The molecule has 2 aromatic carbocycles. The Bertz CT molecular complexity index is 1160. The number of aromatic nitrogens is 3. The van der Waals surface area contributed by atoms with E-state index in [1.807, 2.05) is 6.92 Å². The number of fused-ring (bicyclic) bond motifs is 2. The van der Waals surface area contributed by atoms with Crippen LogP contribution in [0.15, 0.2) is 48.5 Å². The number of nitrogens with zero attached hydrogens (tertiary/aromatic N) is 4. The minimum atomic E-state index is -0.0247. The maximum absolute atomic E-state index is 11.0. The van der Waals surface area contributed by atoms with Crippen molar-refractivity contribution in [3.8, 4) is 5.88 Å². The van der Waals surface area contributed by atoms with Gasteiger partial charge < -0.3 is 5.11 Å². The minimum Gasteiger partial charge on any atom is -0.492 e. The maximum atomic E-state index is 11.0. The molecule has 5 rings (SSSR count). The SMILES string of the molecule is Cc1nc2sc([C@H](c3ccccc3C)N3CCc4ccccc4C3)c(O)n2n1. The average molecular weight is 391 g/mol. The van der Waals surface area contributed by atoms with Gasteiger partial charge in [0.1, 0.15) is 5.82 Å². The molecule has 5 nitrogen and oxygen atoms in total. The minimum absolute atomic E-state index is 0.0247. The molecule has 0 saturated heterocycles. The summed E-state index contributed by atoms with van der Waals surface area (Å²) in [5, 5.41) is 15.4. The molecule has 0 spiro atoms. The summed E-state index contributed by atoms with van der Waals surface area (Å²) in [4.78, 5) is 8.57. The molecule has 142 valence electrons. The summed E-state index contributed by atoms with van der Waals surface area (Å²) in [6, 6.07) is 17.1. The summed E-state index contributed by atoms with van der Waals surface area (Å²) in [6.45, 7) is 5.79. The van der Waals surface area contributed by atoms with Crippen molar-refractivity contribution < 1.29 is 5.11 Å². The predicted octanol–water partition coefficient (Wildman–Crippen LogP) is 4.26. The van der Waals surface area contributed by atoms with Crippen LogP contribution in [0.3, 0.4) is 0 Å². The highest BCUT2D eigenvalue weighted by Gasteiger charge is 2.32. The van der Waals surface area contributed by atoms with Crippen molar-refractivity contribution in [2.45, 2.75) is 32.9 Å². The zero-order chi connectivity index (χ0) is 19.3. The lowest BCUT2D eigenvalue weighted by atomic mass is 9.94. The molecule has 28 heavy (non-hydrogen) atoms. The first-order valence-electron chi connectivity index (χ1n) is 9.53. The molecular formula is C22H22N4OS. The summed E-state index contributed by atoms with van der Waals surface area (Å²) < 4.78 is 1.57. The summed E-state index contributed by atoms with van der Waals surface area (Å²) in [5.41, 5.74) is 5.23. The third-order valence-electron chi connectivity index (χ3n) is 5.56. The molecule has 2 aromatic heterocycles. The Morgan fingerprint density at radius 1 is 1.04 bits per heavy atom. The standard InChI is InChI=1S/C22H22N4OS/c1-14-7-3-6-10-18(14)19(20-21(27)26-22(28-20)23-15(2)24-26)25-12-11-16-8-4-5-9-17(16)13-25/h3-10,19,27H,11-13H2,1-2H3/t19-/m0/s1. The van der Waals surface area contributed by atoms with E-state index in [1.165, 1.54) is 33.6 Å². The van der Waals surface area contributed by atoms with Crippen LogP contribution in [0.25, 0.3) is 4.96 Å². The van der Waals surface area contributed by atoms with E-state index >= 15 is 0 Å². The fourth-order valence-electron chi connectivity index (χ4n) is 4.16. The van der Waals surface area contributed by atoms with Crippen LogP contribution in [0.2, 0.25) is 0 Å². The average Bonchev–Trinajstić information content (AvgIpc) is 3.21. The molecule has 0 unspecified atom stereocenters. The van der Waals surface area contributed by atoms with Crippen molar-refractivity contribution in [1.82, 2.24) is 19.5 Å². The van der Waals surface area contributed by atoms with E-state index in [1.54, 1.807) is 4.52 Å². The number of aromatic hydroxyl groups is 1. The van der Waals surface area contributed by atoms with Crippen LogP contribution in [0.5, 0.6) is 5.88 Å². The van der Waals surface area contributed by atoms with E-state index in [9.17, 15) is 5.11 Å². The van der Waals surface area contributed by atoms with Gasteiger partial charge in [-0.25, -0.2) is 4.98 Å². The lowest BCUT2D eigenvalue weighted by Crippen LogP contribution is -2.34. The Hall–Kier alpha value is -2.70. The normalized spacial score (nSPS) is 15.6. The largest absolute Gasteiger partial charge is 0.492 e. The molecule has 1 atom stereocenters. The van der Waals surface area contributed by atoms with Crippen LogP contribution < -0.4 is 0 Å². The summed E-state index contributed by atoms with van der Waals surface area (Å²) in [5.74, 6) is 0.875. The summed E-state index contributed by atoms with van der Waals surface area (Å²) in [7, 11) is 0. The second-order valence-corrected chi connectivity index (χ2v) is 8.40. The monoisotopic (exact) mass is 390 g/mol. The van der Waals surface area contributed by atoms with Crippen molar-refractivity contribution in [2.75, 3.05) is 6.54 Å². The predicted molar refractivity (Wildman–Crippen MR) is 111 cm³/mol. The van der Waals surface area contributed by atoms with E-state index in [4.69, 9.17) is 0 Å². The lowest BCUT2D eigenvalue weighted by molar-refractivity contribution is 0.205. The van der Waals surface area contributed by atoms with E-state index in [2.05, 4.69) is 70.4 Å². The quantitative estimate of drug-likeness (QED) is 0.568. The molecular weight excluding hydrogens is 368 g/mol. The van der Waals surface area contributed by atoms with Crippen LogP contribution in [0.1, 0.15) is 39.0 Å². The van der Waals surface area contributed by atoms with Gasteiger partial charge in [0.15, 0.2) is 0 Å². The van der Waals surface area contributed by atoms with Gasteiger partial charge in [0.25, 0.3) is 0 Å². The van der Waals surface area contributed by atoms with Gasteiger partial charge in [0, 0.05) is 13.1 Å². The van der Waals surface area contributed by atoms with Gasteiger partial charge in [0.2, 0.25) is 10.8 Å². The van der Waals surface area contributed by atoms with Gasteiger partial charge in [-0.15, -0.1) is 5.10 Å². The molecule has 1 aliphatic heterocycles. The Balaban J connectivity index is 1.64. The number of rotatable bonds is 3. The zero-order valence-electron chi connectivity index (χ0n) is 16.0. The number of benzene rings is 2. The van der Waals surface area contributed by atoms with Gasteiger partial charge in [-0.3, -0.25) is 4.90 Å². The Morgan fingerprint density at radius 3 is 2.57 bits per heavy atom. The maximum Gasteiger partial charge on any atom is 0.230 e. The van der Waals surface area contributed by atoms with Crippen molar-refractivity contribution in [3.63, 3.8) is 0 Å². The molecule has 4 aromatic rings. The van der Waals surface area contributed by atoms with Crippen LogP contribution in [0.4, 0.5) is 0 Å². The summed E-state index contributed by atoms with van der Waals surface area (Å²) in [6.07, 6.45) is 1.01. The van der Waals surface area contributed by atoms with Gasteiger partial charge in [-0.2, -0.15) is 4.52 Å². The van der Waals surface area contributed by atoms with Gasteiger partial charge in [-0.05, 0) is 42.5 Å². The van der Waals surface area contributed by atoms with Crippen molar-refractivity contribution in [3.05, 3.63) is 81.5 Å². The first-order valence-corrected chi connectivity index (χ1v) is 10.3. The summed E-state index contributed by atoms with van der Waals surface area (Å²) >= 11 is 1.53. The molecule has 6 heteroatoms. The molecule has 0 fully saturated rings. The van der Waals surface area contributed by atoms with E-state index in [-0.39, 0.29) is 11.9 Å². The van der Waals surface area contributed by atoms with Crippen LogP contribution in [-0.2, 0) is 13.0 Å². The highest BCUT2D eigenvalue weighted by molar-refractivity contribution is 7.17. The molecule has 3 heterocycles. The molecule has 1 aliphatic rings.